The minimum Gasteiger partial charge on any atom is -0.496 e. The van der Waals surface area contributed by atoms with Gasteiger partial charge in [0.1, 0.15) is 5.75 Å². The van der Waals surface area contributed by atoms with Gasteiger partial charge in [0.2, 0.25) is 0 Å². The highest BCUT2D eigenvalue weighted by Crippen LogP contribution is 2.27. The molecule has 0 aliphatic heterocycles. The van der Waals surface area contributed by atoms with Crippen LogP contribution in [0.15, 0.2) is 24.3 Å². The highest BCUT2D eigenvalue weighted by Gasteiger charge is 2.11. The normalized spacial score (nSPS) is 11.7. The van der Waals surface area contributed by atoms with Crippen LogP contribution in [0.5, 0.6) is 5.75 Å². The lowest BCUT2D eigenvalue weighted by Gasteiger charge is -2.14. The minimum atomic E-state index is -0.479. The summed E-state index contributed by atoms with van der Waals surface area (Å²) in [5, 5.41) is 16.7. The predicted octanol–water partition coefficient (Wildman–Crippen LogP) is 1.99. The number of hydrogen-bond acceptors (Lipinski definition) is 3. The third-order valence-electron chi connectivity index (χ3n) is 2.91. The van der Waals surface area contributed by atoms with Gasteiger partial charge in [0.15, 0.2) is 5.11 Å². The van der Waals surface area contributed by atoms with Crippen LogP contribution in [0, 0.1) is 0 Å². The summed E-state index contributed by atoms with van der Waals surface area (Å²) in [6.45, 7) is 0.818. The molecule has 0 aliphatic rings. The van der Waals surface area contributed by atoms with Gasteiger partial charge in [-0.25, -0.2) is 0 Å². The molecule has 3 N–H and O–H groups in total. The number of hydrogen-bond donors (Lipinski definition) is 3. The number of aliphatic hydroxyl groups is 1. The molecule has 4 nitrogen and oxygen atoms in total. The molecule has 0 spiro atoms. The van der Waals surface area contributed by atoms with Gasteiger partial charge in [-0.05, 0) is 37.5 Å². The molecule has 0 aromatic heterocycles. The summed E-state index contributed by atoms with van der Waals surface area (Å²) < 4.78 is 5.24. The molecular formula is C14H22N2O2S. The van der Waals surface area contributed by atoms with Crippen LogP contribution in [0.3, 0.4) is 0 Å². The Morgan fingerprint density at radius 3 is 2.79 bits per heavy atom. The fraction of sp³-hybridized carbons (Fsp3) is 0.500. The molecule has 1 aromatic rings. The molecule has 0 amide bonds. The maximum absolute atomic E-state index is 10.1. The molecule has 1 aromatic carbocycles. The van der Waals surface area contributed by atoms with Crippen LogP contribution in [0.4, 0.5) is 0 Å². The van der Waals surface area contributed by atoms with E-state index in [0.29, 0.717) is 11.5 Å². The zero-order valence-electron chi connectivity index (χ0n) is 11.5. The fourth-order valence-corrected chi connectivity index (χ4v) is 1.95. The molecular weight excluding hydrogens is 260 g/mol. The van der Waals surface area contributed by atoms with Gasteiger partial charge in [-0.3, -0.25) is 0 Å². The van der Waals surface area contributed by atoms with E-state index in [1.54, 1.807) is 14.2 Å². The molecule has 0 saturated carbocycles. The highest BCUT2D eigenvalue weighted by molar-refractivity contribution is 7.80. The molecule has 1 unspecified atom stereocenters. The second-order valence-corrected chi connectivity index (χ2v) is 4.67. The Hall–Kier alpha value is -1.33. The van der Waals surface area contributed by atoms with Crippen LogP contribution < -0.4 is 15.4 Å². The standard InChI is InChI=1S/C14H22N2O2S/c1-15-14(19)16-10-6-5-8-12(17)11-7-3-4-9-13(11)18-2/h3-4,7,9,12,17H,5-6,8,10H2,1-2H3,(H2,15,16,19). The number of nitrogens with one attached hydrogen (secondary N) is 2. The minimum absolute atomic E-state index is 0.479. The van der Waals surface area contributed by atoms with Crippen molar-refractivity contribution in [3.8, 4) is 5.75 Å². The summed E-state index contributed by atoms with van der Waals surface area (Å²) in [5.74, 6) is 0.740. The fourth-order valence-electron chi connectivity index (χ4n) is 1.85. The van der Waals surface area contributed by atoms with Crippen LogP contribution in [0.2, 0.25) is 0 Å². The molecule has 1 rings (SSSR count). The van der Waals surface area contributed by atoms with Gasteiger partial charge in [-0.15, -0.1) is 0 Å². The molecule has 0 heterocycles. The van der Waals surface area contributed by atoms with Crippen molar-refractivity contribution < 1.29 is 9.84 Å². The van der Waals surface area contributed by atoms with Crippen molar-refractivity contribution >= 4 is 17.3 Å². The number of methoxy groups -OCH3 is 1. The SMILES string of the molecule is CNC(=S)NCCCCC(O)c1ccccc1OC. The highest BCUT2D eigenvalue weighted by atomic mass is 32.1. The average molecular weight is 282 g/mol. The molecule has 5 heteroatoms. The molecule has 19 heavy (non-hydrogen) atoms. The van der Waals surface area contributed by atoms with Crippen LogP contribution in [0.1, 0.15) is 30.9 Å². The average Bonchev–Trinajstić information content (AvgIpc) is 2.46. The lowest BCUT2D eigenvalue weighted by atomic mass is 10.0. The van der Waals surface area contributed by atoms with E-state index in [0.717, 1.165) is 30.7 Å². The first-order chi connectivity index (χ1) is 9.19. The Bertz CT molecular complexity index is 399. The second kappa shape index (κ2) is 8.72. The largest absolute Gasteiger partial charge is 0.496 e. The van der Waals surface area contributed by atoms with E-state index in [2.05, 4.69) is 10.6 Å². The van der Waals surface area contributed by atoms with Crippen molar-refractivity contribution in [3.63, 3.8) is 0 Å². The van der Waals surface area contributed by atoms with Crippen LogP contribution in [-0.2, 0) is 0 Å². The summed E-state index contributed by atoms with van der Waals surface area (Å²) in [6.07, 6.45) is 2.13. The first-order valence-corrected chi connectivity index (χ1v) is 6.86. The van der Waals surface area contributed by atoms with Crippen molar-refractivity contribution in [3.05, 3.63) is 29.8 Å². The smallest absolute Gasteiger partial charge is 0.166 e. The number of ether oxygens (including phenoxy) is 1. The van der Waals surface area contributed by atoms with Crippen LogP contribution in [-0.4, -0.2) is 30.9 Å². The van der Waals surface area contributed by atoms with E-state index in [-0.39, 0.29) is 0 Å². The molecule has 0 radical (unpaired) electrons. The number of benzene rings is 1. The summed E-state index contributed by atoms with van der Waals surface area (Å²) in [5.41, 5.74) is 0.851. The number of unbranched alkanes of at least 4 members (excludes halogenated alkanes) is 1. The predicted molar refractivity (Wildman–Crippen MR) is 81.5 cm³/mol. The maximum Gasteiger partial charge on any atom is 0.166 e. The quantitative estimate of drug-likeness (QED) is 0.527. The van der Waals surface area contributed by atoms with E-state index in [4.69, 9.17) is 17.0 Å². The molecule has 0 bridgehead atoms. The van der Waals surface area contributed by atoms with Gasteiger partial charge in [-0.2, -0.15) is 0 Å². The van der Waals surface area contributed by atoms with Gasteiger partial charge in [0.25, 0.3) is 0 Å². The first-order valence-electron chi connectivity index (χ1n) is 6.45. The van der Waals surface area contributed by atoms with Crippen LogP contribution >= 0.6 is 12.2 Å². The number of rotatable bonds is 7. The molecule has 106 valence electrons. The summed E-state index contributed by atoms with van der Waals surface area (Å²) in [4.78, 5) is 0. The van der Waals surface area contributed by atoms with Gasteiger partial charge < -0.3 is 20.5 Å². The van der Waals surface area contributed by atoms with Gasteiger partial charge >= 0.3 is 0 Å². The van der Waals surface area contributed by atoms with E-state index in [1.807, 2.05) is 24.3 Å². The number of para-hydroxylation sites is 1. The Labute approximate surface area is 120 Å². The Kier molecular flexibility index (Phi) is 7.22. The summed E-state index contributed by atoms with van der Waals surface area (Å²) in [7, 11) is 3.41. The lowest BCUT2D eigenvalue weighted by Crippen LogP contribution is -2.32. The lowest BCUT2D eigenvalue weighted by molar-refractivity contribution is 0.160. The molecule has 0 saturated heterocycles. The van der Waals surface area contributed by atoms with Crippen molar-refractivity contribution in [1.29, 1.82) is 0 Å². The van der Waals surface area contributed by atoms with Crippen LogP contribution in [0.25, 0.3) is 0 Å². The van der Waals surface area contributed by atoms with Gasteiger partial charge in [0, 0.05) is 19.2 Å². The van der Waals surface area contributed by atoms with E-state index in [9.17, 15) is 5.11 Å². The van der Waals surface area contributed by atoms with E-state index >= 15 is 0 Å². The molecule has 1 atom stereocenters. The summed E-state index contributed by atoms with van der Waals surface area (Å²) in [6, 6.07) is 7.58. The van der Waals surface area contributed by atoms with Crippen molar-refractivity contribution in [2.75, 3.05) is 20.7 Å². The topological polar surface area (TPSA) is 53.5 Å². The monoisotopic (exact) mass is 282 g/mol. The van der Waals surface area contributed by atoms with E-state index in [1.165, 1.54) is 0 Å². The van der Waals surface area contributed by atoms with Crippen molar-refractivity contribution in [2.45, 2.75) is 25.4 Å². The third-order valence-corrected chi connectivity index (χ3v) is 3.26. The second-order valence-electron chi connectivity index (χ2n) is 4.26. The van der Waals surface area contributed by atoms with Gasteiger partial charge in [-0.1, -0.05) is 18.2 Å². The molecule has 0 fully saturated rings. The first kappa shape index (κ1) is 15.7. The summed E-state index contributed by atoms with van der Waals surface area (Å²) >= 11 is 4.98. The zero-order valence-corrected chi connectivity index (χ0v) is 12.3. The van der Waals surface area contributed by atoms with Gasteiger partial charge in [0.05, 0.1) is 13.2 Å². The Balaban J connectivity index is 2.31. The zero-order chi connectivity index (χ0) is 14.1. The van der Waals surface area contributed by atoms with Crippen molar-refractivity contribution in [2.24, 2.45) is 0 Å². The molecule has 0 aliphatic carbocycles. The number of aliphatic hydroxyl groups excluding tert-OH is 1. The third kappa shape index (κ3) is 5.44. The number of thiocarbonyl (C=S) groups is 1. The Morgan fingerprint density at radius 2 is 2.11 bits per heavy atom. The Morgan fingerprint density at radius 1 is 1.37 bits per heavy atom. The maximum atomic E-state index is 10.1. The van der Waals surface area contributed by atoms with E-state index < -0.39 is 6.10 Å². The van der Waals surface area contributed by atoms with Crippen molar-refractivity contribution in [1.82, 2.24) is 10.6 Å².